The van der Waals surface area contributed by atoms with Crippen LogP contribution in [0.3, 0.4) is 0 Å². The van der Waals surface area contributed by atoms with Crippen LogP contribution < -0.4 is 0 Å². The topological polar surface area (TPSA) is 97.7 Å². The first-order chi connectivity index (χ1) is 8.60. The number of nitrogens with zero attached hydrogens (tertiary/aromatic N) is 3. The van der Waals surface area contributed by atoms with Crippen LogP contribution in [-0.2, 0) is 6.54 Å². The van der Waals surface area contributed by atoms with Gasteiger partial charge in [-0.3, -0.25) is 10.1 Å². The zero-order chi connectivity index (χ0) is 13.3. The first-order valence-electron chi connectivity index (χ1n) is 5.04. The van der Waals surface area contributed by atoms with Gasteiger partial charge in [0.05, 0.1) is 10.4 Å². The molecule has 0 unspecified atom stereocenters. The summed E-state index contributed by atoms with van der Waals surface area (Å²) in [5.41, 5.74) is 0.131. The van der Waals surface area contributed by atoms with Gasteiger partial charge in [0, 0.05) is 24.1 Å². The van der Waals surface area contributed by atoms with E-state index >= 15 is 0 Å². The zero-order valence-electron chi connectivity index (χ0n) is 9.24. The smallest absolute Gasteiger partial charge is 0.270 e. The maximum Gasteiger partial charge on any atom is 0.270 e. The molecule has 1 heterocycles. The molecule has 0 bridgehead atoms. The molecule has 1 aromatic carbocycles. The van der Waals surface area contributed by atoms with Crippen molar-refractivity contribution in [3.63, 3.8) is 0 Å². The molecule has 2 aromatic rings. The van der Waals surface area contributed by atoms with Gasteiger partial charge in [0.15, 0.2) is 5.69 Å². The van der Waals surface area contributed by atoms with Crippen molar-refractivity contribution in [2.75, 3.05) is 0 Å². The molecule has 0 saturated heterocycles. The summed E-state index contributed by atoms with van der Waals surface area (Å²) >= 11 is 0. The second kappa shape index (κ2) is 4.28. The zero-order valence-corrected chi connectivity index (χ0v) is 9.24. The summed E-state index contributed by atoms with van der Waals surface area (Å²) in [6.45, 7) is 3.81. The molecule has 0 aliphatic carbocycles. The minimum absolute atomic E-state index is 0.164. The summed E-state index contributed by atoms with van der Waals surface area (Å²) in [4.78, 5) is 20.8. The number of allylic oxidation sites excluding steroid dienone is 1. The highest BCUT2D eigenvalue weighted by atomic mass is 16.6. The fraction of sp³-hybridized carbons (Fsp3) is 0.0909. The van der Waals surface area contributed by atoms with E-state index in [4.69, 9.17) is 0 Å². The van der Waals surface area contributed by atoms with Crippen molar-refractivity contribution < 1.29 is 10.0 Å². The van der Waals surface area contributed by atoms with Gasteiger partial charge in [-0.25, -0.2) is 0 Å². The van der Waals surface area contributed by atoms with Gasteiger partial charge in [-0.1, -0.05) is 6.08 Å². The number of hydrogen-bond acceptors (Lipinski definition) is 5. The van der Waals surface area contributed by atoms with E-state index in [1.54, 1.807) is 0 Å². The molecule has 0 saturated carbocycles. The summed E-state index contributed by atoms with van der Waals surface area (Å²) < 4.78 is 1.41. The third-order valence-electron chi connectivity index (χ3n) is 2.61. The number of nitroso groups, excluding NO2 is 1. The first kappa shape index (κ1) is 11.8. The maximum absolute atomic E-state index is 10.7. The van der Waals surface area contributed by atoms with E-state index in [1.807, 2.05) is 0 Å². The normalized spacial score (nSPS) is 10.4. The number of non-ortho nitro benzene ring substituents is 1. The second-order valence-corrected chi connectivity index (χ2v) is 3.62. The molecular formula is C11H9N3O4. The molecule has 0 spiro atoms. The van der Waals surface area contributed by atoms with Crippen LogP contribution in [0.15, 0.2) is 36.0 Å². The predicted octanol–water partition coefficient (Wildman–Crippen LogP) is 2.84. The third kappa shape index (κ3) is 1.61. The monoisotopic (exact) mass is 247 g/mol. The molecule has 0 atom stereocenters. The Morgan fingerprint density at radius 1 is 1.56 bits per heavy atom. The van der Waals surface area contributed by atoms with Crippen LogP contribution in [-0.4, -0.2) is 14.6 Å². The lowest BCUT2D eigenvalue weighted by Crippen LogP contribution is -1.93. The van der Waals surface area contributed by atoms with Crippen molar-refractivity contribution in [2.24, 2.45) is 5.18 Å². The molecule has 1 N–H and O–H groups in total. The summed E-state index contributed by atoms with van der Waals surface area (Å²) in [6, 6.07) is 3.98. The Morgan fingerprint density at radius 3 is 2.83 bits per heavy atom. The number of aromatic hydroxyl groups is 1. The van der Waals surface area contributed by atoms with E-state index < -0.39 is 4.92 Å². The summed E-state index contributed by atoms with van der Waals surface area (Å²) in [7, 11) is 0. The molecule has 18 heavy (non-hydrogen) atoms. The number of fused-ring (bicyclic) bond motifs is 1. The Bertz CT molecular complexity index is 660. The molecule has 7 heteroatoms. The van der Waals surface area contributed by atoms with Crippen molar-refractivity contribution in [3.8, 4) is 5.88 Å². The second-order valence-electron chi connectivity index (χ2n) is 3.62. The van der Waals surface area contributed by atoms with Gasteiger partial charge in [0.2, 0.25) is 5.88 Å². The molecular weight excluding hydrogens is 238 g/mol. The van der Waals surface area contributed by atoms with E-state index in [0.717, 1.165) is 0 Å². The minimum Gasteiger partial charge on any atom is -0.493 e. The molecule has 0 fully saturated rings. The predicted molar refractivity (Wildman–Crippen MR) is 65.9 cm³/mol. The van der Waals surface area contributed by atoms with E-state index in [1.165, 1.54) is 28.8 Å². The van der Waals surface area contributed by atoms with Crippen LogP contribution in [0.5, 0.6) is 5.88 Å². The van der Waals surface area contributed by atoms with Gasteiger partial charge in [0.25, 0.3) is 5.69 Å². The van der Waals surface area contributed by atoms with Gasteiger partial charge in [-0.2, -0.15) is 0 Å². The van der Waals surface area contributed by atoms with Crippen molar-refractivity contribution >= 4 is 22.3 Å². The standard InChI is InChI=1S/C11H9N3O4/c1-2-5-13-9-4-3-7(14(17)18)6-8(9)10(12-16)11(13)15/h2-4,6,15H,1,5H2. The van der Waals surface area contributed by atoms with E-state index in [0.29, 0.717) is 5.52 Å². The highest BCUT2D eigenvalue weighted by Gasteiger charge is 2.19. The van der Waals surface area contributed by atoms with Crippen LogP contribution in [0, 0.1) is 15.0 Å². The Hall–Kier alpha value is -2.70. The first-order valence-corrected chi connectivity index (χ1v) is 5.04. The van der Waals surface area contributed by atoms with Crippen LogP contribution in [0.2, 0.25) is 0 Å². The Morgan fingerprint density at radius 2 is 2.28 bits per heavy atom. The number of aromatic nitrogens is 1. The number of nitro benzene ring substituents is 1. The van der Waals surface area contributed by atoms with Gasteiger partial charge in [0.1, 0.15) is 0 Å². The maximum atomic E-state index is 10.7. The van der Waals surface area contributed by atoms with Crippen LogP contribution >= 0.6 is 0 Å². The Balaban J connectivity index is 2.81. The lowest BCUT2D eigenvalue weighted by atomic mass is 10.2. The molecule has 0 amide bonds. The molecule has 0 aliphatic rings. The van der Waals surface area contributed by atoms with Gasteiger partial charge < -0.3 is 9.67 Å². The van der Waals surface area contributed by atoms with Crippen LogP contribution in [0.25, 0.3) is 10.9 Å². The molecule has 0 aliphatic heterocycles. The van der Waals surface area contributed by atoms with E-state index in [2.05, 4.69) is 11.8 Å². The van der Waals surface area contributed by atoms with Crippen molar-refractivity contribution in [1.82, 2.24) is 4.57 Å². The van der Waals surface area contributed by atoms with Crippen molar-refractivity contribution in [3.05, 3.63) is 45.9 Å². The number of hydrogen-bond donors (Lipinski definition) is 1. The van der Waals surface area contributed by atoms with Gasteiger partial charge in [-0.05, 0) is 11.2 Å². The highest BCUT2D eigenvalue weighted by Crippen LogP contribution is 2.39. The number of rotatable bonds is 4. The SMILES string of the molecule is C=CCn1c(O)c(N=O)c2cc([N+](=O)[O-])ccc21. The van der Waals surface area contributed by atoms with Crippen molar-refractivity contribution in [2.45, 2.75) is 6.54 Å². The van der Waals surface area contributed by atoms with Gasteiger partial charge >= 0.3 is 0 Å². The molecule has 7 nitrogen and oxygen atoms in total. The summed E-state index contributed by atoms with van der Waals surface area (Å²) in [5.74, 6) is -0.319. The minimum atomic E-state index is -0.574. The van der Waals surface area contributed by atoms with Crippen LogP contribution in [0.1, 0.15) is 0 Å². The van der Waals surface area contributed by atoms with Gasteiger partial charge in [-0.15, -0.1) is 11.5 Å². The lowest BCUT2D eigenvalue weighted by molar-refractivity contribution is -0.384. The number of nitro groups is 1. The summed E-state index contributed by atoms with van der Waals surface area (Å²) in [5, 5.41) is 23.5. The van der Waals surface area contributed by atoms with E-state index in [-0.39, 0.29) is 29.2 Å². The number of benzene rings is 1. The largest absolute Gasteiger partial charge is 0.493 e. The molecule has 92 valence electrons. The average Bonchev–Trinajstić information content (AvgIpc) is 2.62. The fourth-order valence-electron chi connectivity index (χ4n) is 1.83. The van der Waals surface area contributed by atoms with Crippen LogP contribution in [0.4, 0.5) is 11.4 Å². The Kier molecular flexibility index (Phi) is 2.80. The molecule has 0 radical (unpaired) electrons. The molecule has 2 rings (SSSR count). The van der Waals surface area contributed by atoms with Crippen molar-refractivity contribution in [1.29, 1.82) is 0 Å². The average molecular weight is 247 g/mol. The quantitative estimate of drug-likeness (QED) is 0.388. The third-order valence-corrected chi connectivity index (χ3v) is 2.61. The molecule has 1 aromatic heterocycles. The lowest BCUT2D eigenvalue weighted by Gasteiger charge is -2.01. The summed E-state index contributed by atoms with van der Waals surface area (Å²) in [6.07, 6.45) is 1.54. The Labute approximate surface area is 101 Å². The van der Waals surface area contributed by atoms with E-state index in [9.17, 15) is 20.1 Å². The fourth-order valence-corrected chi connectivity index (χ4v) is 1.83. The highest BCUT2D eigenvalue weighted by molar-refractivity contribution is 5.96.